The summed E-state index contributed by atoms with van der Waals surface area (Å²) in [6, 6.07) is 4.21. The molecule has 0 unspecified atom stereocenters. The van der Waals surface area contributed by atoms with E-state index in [4.69, 9.17) is 5.73 Å². The molecule has 0 spiro atoms. The van der Waals surface area contributed by atoms with Crippen molar-refractivity contribution in [3.8, 4) is 0 Å². The van der Waals surface area contributed by atoms with Crippen LogP contribution < -0.4 is 5.73 Å². The normalized spacial score (nSPS) is 14.7. The van der Waals surface area contributed by atoms with Crippen LogP contribution in [0.3, 0.4) is 0 Å². The van der Waals surface area contributed by atoms with Gasteiger partial charge in [-0.05, 0) is 30.4 Å². The molecule has 106 valence electrons. The molecule has 1 amide bonds. The van der Waals surface area contributed by atoms with Crippen LogP contribution in [0, 0.1) is 0 Å². The van der Waals surface area contributed by atoms with Gasteiger partial charge in [-0.2, -0.15) is 5.10 Å². The lowest BCUT2D eigenvalue weighted by molar-refractivity contribution is 0.1000. The Morgan fingerprint density at radius 3 is 2.86 bits per heavy atom. The minimum absolute atomic E-state index is 0.412. The van der Waals surface area contributed by atoms with Crippen molar-refractivity contribution in [2.75, 3.05) is 0 Å². The van der Waals surface area contributed by atoms with Gasteiger partial charge in [0.1, 0.15) is 5.65 Å². The molecular weight excluding hydrogens is 266 g/mol. The van der Waals surface area contributed by atoms with Gasteiger partial charge in [0.25, 0.3) is 5.91 Å². The van der Waals surface area contributed by atoms with Crippen LogP contribution in [0.2, 0.25) is 0 Å². The first-order valence-electron chi connectivity index (χ1n) is 6.99. The predicted octanol–water partition coefficient (Wildman–Crippen LogP) is 1.56. The topological polar surface area (TPSA) is 78.2 Å². The molecule has 3 aromatic rings. The number of imidazole rings is 1. The predicted molar refractivity (Wildman–Crippen MR) is 77.0 cm³/mol. The molecule has 0 aliphatic heterocycles. The Bertz CT molecular complexity index is 828. The number of carbonyl (C=O) groups excluding carboxylic acids is 1. The number of nitrogens with zero attached hydrogens (tertiary/aromatic N) is 4. The molecule has 0 atom stereocenters. The van der Waals surface area contributed by atoms with Gasteiger partial charge in [0, 0.05) is 18.6 Å². The third-order valence-electron chi connectivity index (χ3n) is 3.81. The summed E-state index contributed by atoms with van der Waals surface area (Å²) < 4.78 is 3.73. The fourth-order valence-corrected chi connectivity index (χ4v) is 2.54. The number of primary amides is 1. The van der Waals surface area contributed by atoms with Gasteiger partial charge >= 0.3 is 0 Å². The highest BCUT2D eigenvalue weighted by Gasteiger charge is 2.23. The number of fused-ring (bicyclic) bond motifs is 1. The molecule has 1 saturated carbocycles. The molecule has 6 nitrogen and oxygen atoms in total. The van der Waals surface area contributed by atoms with Gasteiger partial charge < -0.3 is 10.1 Å². The highest BCUT2D eigenvalue weighted by molar-refractivity contribution is 5.92. The Kier molecular flexibility index (Phi) is 2.57. The van der Waals surface area contributed by atoms with Crippen molar-refractivity contribution in [1.29, 1.82) is 0 Å². The Balaban J connectivity index is 1.61. The quantitative estimate of drug-likeness (QED) is 0.788. The van der Waals surface area contributed by atoms with E-state index in [9.17, 15) is 4.79 Å². The fraction of sp³-hybridized carbons (Fsp3) is 0.267. The number of hydrogen-bond donors (Lipinski definition) is 1. The summed E-state index contributed by atoms with van der Waals surface area (Å²) in [4.78, 5) is 15.6. The van der Waals surface area contributed by atoms with Crippen molar-refractivity contribution >= 4 is 11.6 Å². The van der Waals surface area contributed by atoms with E-state index in [1.807, 2.05) is 6.20 Å². The van der Waals surface area contributed by atoms with E-state index in [1.54, 1.807) is 10.9 Å². The zero-order chi connectivity index (χ0) is 14.4. The second-order valence-electron chi connectivity index (χ2n) is 5.53. The lowest BCUT2D eigenvalue weighted by Gasteiger charge is -1.98. The Hall–Kier alpha value is -2.63. The van der Waals surface area contributed by atoms with E-state index in [1.165, 1.54) is 24.6 Å². The van der Waals surface area contributed by atoms with E-state index >= 15 is 0 Å². The fourth-order valence-electron chi connectivity index (χ4n) is 2.54. The number of pyridine rings is 1. The second-order valence-corrected chi connectivity index (χ2v) is 5.53. The highest BCUT2D eigenvalue weighted by Crippen LogP contribution is 2.39. The monoisotopic (exact) mass is 281 g/mol. The molecule has 0 radical (unpaired) electrons. The molecule has 1 aliphatic carbocycles. The van der Waals surface area contributed by atoms with Crippen LogP contribution >= 0.6 is 0 Å². The first kappa shape index (κ1) is 12.1. The van der Waals surface area contributed by atoms with Gasteiger partial charge in [0.15, 0.2) is 0 Å². The van der Waals surface area contributed by atoms with Crippen LogP contribution in [0.15, 0.2) is 36.9 Å². The van der Waals surface area contributed by atoms with Crippen LogP contribution in [0.5, 0.6) is 0 Å². The minimum Gasteiger partial charge on any atom is -0.366 e. The minimum atomic E-state index is -0.467. The number of rotatable bonds is 4. The maximum atomic E-state index is 11.1. The first-order chi connectivity index (χ1) is 10.2. The van der Waals surface area contributed by atoms with Crippen molar-refractivity contribution in [1.82, 2.24) is 19.2 Å². The summed E-state index contributed by atoms with van der Waals surface area (Å²) in [5.41, 5.74) is 8.84. The van der Waals surface area contributed by atoms with Gasteiger partial charge in [-0.15, -0.1) is 0 Å². The Morgan fingerprint density at radius 2 is 2.14 bits per heavy atom. The first-order valence-corrected chi connectivity index (χ1v) is 6.99. The molecule has 4 rings (SSSR count). The molecule has 0 saturated heterocycles. The number of amides is 1. The number of carbonyl (C=O) groups is 1. The van der Waals surface area contributed by atoms with Crippen molar-refractivity contribution in [3.05, 3.63) is 53.7 Å². The summed E-state index contributed by atoms with van der Waals surface area (Å²) in [5, 5.41) is 4.13. The number of aromatic nitrogens is 4. The van der Waals surface area contributed by atoms with E-state index in [0.29, 0.717) is 12.1 Å². The molecule has 1 aliphatic rings. The average Bonchev–Trinajstić information content (AvgIpc) is 3.07. The zero-order valence-corrected chi connectivity index (χ0v) is 11.4. The summed E-state index contributed by atoms with van der Waals surface area (Å²) in [5.74, 6) is 0.259. The highest BCUT2D eigenvalue weighted by atomic mass is 16.1. The zero-order valence-electron chi connectivity index (χ0n) is 11.4. The van der Waals surface area contributed by atoms with Crippen LogP contribution in [0.25, 0.3) is 5.65 Å². The molecule has 21 heavy (non-hydrogen) atoms. The van der Waals surface area contributed by atoms with Gasteiger partial charge in [0.2, 0.25) is 0 Å². The van der Waals surface area contributed by atoms with Crippen LogP contribution in [0.1, 0.15) is 40.4 Å². The van der Waals surface area contributed by atoms with Crippen LogP contribution in [0.4, 0.5) is 0 Å². The average molecular weight is 281 g/mol. The third kappa shape index (κ3) is 2.29. The maximum Gasteiger partial charge on any atom is 0.251 e. The summed E-state index contributed by atoms with van der Waals surface area (Å²) >= 11 is 0. The van der Waals surface area contributed by atoms with Gasteiger partial charge in [-0.1, -0.05) is 6.07 Å². The van der Waals surface area contributed by atoms with E-state index in [0.717, 1.165) is 17.3 Å². The molecule has 0 aromatic carbocycles. The molecule has 3 aromatic heterocycles. The summed E-state index contributed by atoms with van der Waals surface area (Å²) in [7, 11) is 0. The van der Waals surface area contributed by atoms with Crippen LogP contribution in [-0.2, 0) is 6.54 Å². The lowest BCUT2D eigenvalue weighted by Crippen LogP contribution is -2.09. The Labute approximate surface area is 121 Å². The van der Waals surface area contributed by atoms with Gasteiger partial charge in [0.05, 0.1) is 24.0 Å². The summed E-state index contributed by atoms with van der Waals surface area (Å²) in [6.07, 6.45) is 9.85. The van der Waals surface area contributed by atoms with Crippen LogP contribution in [-0.4, -0.2) is 25.1 Å². The lowest BCUT2D eigenvalue weighted by atomic mass is 10.2. The van der Waals surface area contributed by atoms with E-state index < -0.39 is 5.91 Å². The molecule has 6 heteroatoms. The molecule has 0 bridgehead atoms. The summed E-state index contributed by atoms with van der Waals surface area (Å²) in [6.45, 7) is 0.522. The molecule has 1 fully saturated rings. The third-order valence-corrected chi connectivity index (χ3v) is 3.81. The maximum absolute atomic E-state index is 11.1. The van der Waals surface area contributed by atoms with E-state index in [-0.39, 0.29) is 0 Å². The van der Waals surface area contributed by atoms with E-state index in [2.05, 4.69) is 32.8 Å². The molecular formula is C15H15N5O. The SMILES string of the molecule is NC(=O)c1cnn(Cc2cn3cc(C4CC4)ccc3n2)c1. The van der Waals surface area contributed by atoms with Crippen molar-refractivity contribution in [3.63, 3.8) is 0 Å². The van der Waals surface area contributed by atoms with Gasteiger partial charge in [-0.25, -0.2) is 4.98 Å². The van der Waals surface area contributed by atoms with Crippen molar-refractivity contribution in [2.45, 2.75) is 25.3 Å². The standard InChI is InChI=1S/C15H15N5O/c16-15(21)12-5-17-20(7-12)9-13-8-19-6-11(10-1-2-10)3-4-14(19)18-13/h3-8,10H,1-2,9H2,(H2,16,21). The smallest absolute Gasteiger partial charge is 0.251 e. The second kappa shape index (κ2) is 4.44. The van der Waals surface area contributed by atoms with Crippen molar-refractivity contribution in [2.24, 2.45) is 5.73 Å². The number of hydrogen-bond acceptors (Lipinski definition) is 3. The molecule has 2 N–H and O–H groups in total. The Morgan fingerprint density at radius 1 is 1.29 bits per heavy atom. The van der Waals surface area contributed by atoms with Gasteiger partial charge in [-0.3, -0.25) is 9.48 Å². The largest absolute Gasteiger partial charge is 0.366 e. The molecule has 3 heterocycles. The van der Waals surface area contributed by atoms with Crippen molar-refractivity contribution < 1.29 is 4.79 Å². The number of nitrogens with two attached hydrogens (primary N) is 1.